The summed E-state index contributed by atoms with van der Waals surface area (Å²) in [4.78, 5) is 29.5. The molecular weight excluding hydrogens is 596 g/mol. The summed E-state index contributed by atoms with van der Waals surface area (Å²) in [6.45, 7) is 4.14. The number of hydrogen-bond acceptors (Lipinski definition) is 6. The SMILES string of the molecule is CCOC(=O)c1cccc(N(c2ccc(-c3ccc(N(c4ccccc4)c4ccccc4)cc3)cc2)c2cccc(C(=O)OCC)c2)c1. The Balaban J connectivity index is 1.34. The van der Waals surface area contributed by atoms with Gasteiger partial charge in [-0.2, -0.15) is 0 Å². The minimum absolute atomic E-state index is 0.285. The Bertz CT molecular complexity index is 1870. The van der Waals surface area contributed by atoms with Gasteiger partial charge in [-0.05, 0) is 110 Å². The number of carbonyl (C=O) groups excluding carboxylic acids is 2. The molecule has 6 nitrogen and oxygen atoms in total. The quantitative estimate of drug-likeness (QED) is 0.133. The third-order valence-electron chi connectivity index (χ3n) is 7.84. The summed E-state index contributed by atoms with van der Waals surface area (Å²) in [5, 5.41) is 0. The fourth-order valence-electron chi connectivity index (χ4n) is 5.63. The maximum atomic E-state index is 12.6. The lowest BCUT2D eigenvalue weighted by Gasteiger charge is -2.26. The van der Waals surface area contributed by atoms with Crippen molar-refractivity contribution in [3.63, 3.8) is 0 Å². The zero-order chi connectivity index (χ0) is 33.3. The molecule has 0 amide bonds. The van der Waals surface area contributed by atoms with E-state index in [2.05, 4.69) is 65.6 Å². The molecule has 0 aliphatic carbocycles. The van der Waals surface area contributed by atoms with E-state index < -0.39 is 11.9 Å². The van der Waals surface area contributed by atoms with Gasteiger partial charge in [0.15, 0.2) is 0 Å². The molecule has 0 unspecified atom stereocenters. The molecule has 6 rings (SSSR count). The number of para-hydroxylation sites is 2. The minimum Gasteiger partial charge on any atom is -0.462 e. The van der Waals surface area contributed by atoms with Crippen LogP contribution in [0.3, 0.4) is 0 Å². The van der Waals surface area contributed by atoms with Crippen molar-refractivity contribution in [1.82, 2.24) is 0 Å². The van der Waals surface area contributed by atoms with Gasteiger partial charge in [0, 0.05) is 34.1 Å². The summed E-state index contributed by atoms with van der Waals surface area (Å²) >= 11 is 0. The first-order valence-electron chi connectivity index (χ1n) is 16.0. The molecule has 0 aromatic heterocycles. The van der Waals surface area contributed by atoms with Gasteiger partial charge < -0.3 is 19.3 Å². The van der Waals surface area contributed by atoms with Crippen molar-refractivity contribution < 1.29 is 19.1 Å². The van der Waals surface area contributed by atoms with Crippen LogP contribution in [-0.2, 0) is 9.47 Å². The lowest BCUT2D eigenvalue weighted by atomic mass is 10.0. The smallest absolute Gasteiger partial charge is 0.338 e. The molecule has 238 valence electrons. The van der Waals surface area contributed by atoms with Gasteiger partial charge >= 0.3 is 11.9 Å². The van der Waals surface area contributed by atoms with E-state index in [1.807, 2.05) is 77.7 Å². The molecular formula is C42H36N2O4. The fourth-order valence-corrected chi connectivity index (χ4v) is 5.63. The Kier molecular flexibility index (Phi) is 9.92. The van der Waals surface area contributed by atoms with E-state index in [-0.39, 0.29) is 13.2 Å². The standard InChI is InChI=1S/C42H36N2O4/c1-3-47-41(45)33-13-11-19-39(29-33)44(40-20-12-14-34(30-40)42(46)48-4-2)38-27-23-32(24-28-38)31-21-25-37(26-22-31)43(35-15-7-5-8-16-35)36-17-9-6-10-18-36/h5-30H,3-4H2,1-2H3. The van der Waals surface area contributed by atoms with Crippen LogP contribution in [-0.4, -0.2) is 25.2 Å². The highest BCUT2D eigenvalue weighted by Gasteiger charge is 2.18. The predicted octanol–water partition coefficient (Wildman–Crippen LogP) is 10.6. The van der Waals surface area contributed by atoms with Crippen molar-refractivity contribution in [2.45, 2.75) is 13.8 Å². The number of benzene rings is 6. The number of carbonyl (C=O) groups is 2. The summed E-state index contributed by atoms with van der Waals surface area (Å²) in [6.07, 6.45) is 0. The first-order chi connectivity index (χ1) is 23.6. The maximum absolute atomic E-state index is 12.6. The highest BCUT2D eigenvalue weighted by molar-refractivity contribution is 5.94. The molecule has 0 radical (unpaired) electrons. The third-order valence-corrected chi connectivity index (χ3v) is 7.84. The van der Waals surface area contributed by atoms with E-state index in [1.165, 1.54) is 0 Å². The zero-order valence-electron chi connectivity index (χ0n) is 27.0. The lowest BCUT2D eigenvalue weighted by molar-refractivity contribution is 0.0517. The van der Waals surface area contributed by atoms with Crippen molar-refractivity contribution in [2.24, 2.45) is 0 Å². The number of rotatable bonds is 11. The Hall–Kier alpha value is -6.14. The largest absolute Gasteiger partial charge is 0.462 e. The second-order valence-electron chi connectivity index (χ2n) is 11.0. The van der Waals surface area contributed by atoms with Crippen LogP contribution >= 0.6 is 0 Å². The molecule has 0 saturated carbocycles. The van der Waals surface area contributed by atoms with E-state index in [0.29, 0.717) is 11.1 Å². The molecule has 6 aromatic carbocycles. The van der Waals surface area contributed by atoms with Gasteiger partial charge in [0.25, 0.3) is 0 Å². The summed E-state index contributed by atoms with van der Waals surface area (Å²) in [7, 11) is 0. The molecule has 6 aromatic rings. The molecule has 0 N–H and O–H groups in total. The van der Waals surface area contributed by atoms with Crippen molar-refractivity contribution in [3.8, 4) is 11.1 Å². The molecule has 0 heterocycles. The topological polar surface area (TPSA) is 59.1 Å². The molecule has 0 aliphatic heterocycles. The first-order valence-corrected chi connectivity index (χ1v) is 16.0. The van der Waals surface area contributed by atoms with Gasteiger partial charge in [-0.15, -0.1) is 0 Å². The number of hydrogen-bond donors (Lipinski definition) is 0. The molecule has 0 aliphatic rings. The number of ether oxygens (including phenoxy) is 2. The van der Waals surface area contributed by atoms with Gasteiger partial charge in [0.2, 0.25) is 0 Å². The van der Waals surface area contributed by atoms with E-state index >= 15 is 0 Å². The van der Waals surface area contributed by atoms with Crippen molar-refractivity contribution in [2.75, 3.05) is 23.0 Å². The summed E-state index contributed by atoms with van der Waals surface area (Å²) < 4.78 is 10.5. The van der Waals surface area contributed by atoms with Crippen LogP contribution < -0.4 is 9.80 Å². The Morgan fingerprint density at radius 3 is 1.12 bits per heavy atom. The van der Waals surface area contributed by atoms with Crippen LogP contribution in [0.1, 0.15) is 34.6 Å². The average molecular weight is 633 g/mol. The molecule has 0 fully saturated rings. The maximum Gasteiger partial charge on any atom is 0.338 e. The Morgan fingerprint density at radius 2 is 0.750 bits per heavy atom. The summed E-state index contributed by atoms with van der Waals surface area (Å²) in [5.74, 6) is -0.784. The number of esters is 2. The number of anilines is 6. The van der Waals surface area contributed by atoms with Crippen LogP contribution in [0.4, 0.5) is 34.1 Å². The highest BCUT2D eigenvalue weighted by Crippen LogP contribution is 2.38. The normalized spacial score (nSPS) is 10.6. The van der Waals surface area contributed by atoms with Crippen molar-refractivity contribution in [1.29, 1.82) is 0 Å². The Morgan fingerprint density at radius 1 is 0.417 bits per heavy atom. The van der Waals surface area contributed by atoms with E-state index in [0.717, 1.165) is 45.3 Å². The van der Waals surface area contributed by atoms with E-state index in [9.17, 15) is 9.59 Å². The van der Waals surface area contributed by atoms with Crippen LogP contribution in [0.2, 0.25) is 0 Å². The van der Waals surface area contributed by atoms with Crippen LogP contribution in [0.25, 0.3) is 11.1 Å². The summed E-state index contributed by atoms with van der Waals surface area (Å²) in [6, 6.07) is 52.0. The second-order valence-corrected chi connectivity index (χ2v) is 11.0. The highest BCUT2D eigenvalue weighted by atomic mass is 16.5. The Labute approximate surface area is 281 Å². The molecule has 48 heavy (non-hydrogen) atoms. The number of nitrogens with zero attached hydrogens (tertiary/aromatic N) is 2. The molecule has 0 bridgehead atoms. The van der Waals surface area contributed by atoms with Crippen LogP contribution in [0.5, 0.6) is 0 Å². The summed E-state index contributed by atoms with van der Waals surface area (Å²) in [5.41, 5.74) is 8.60. The van der Waals surface area contributed by atoms with Gasteiger partial charge in [0.05, 0.1) is 24.3 Å². The van der Waals surface area contributed by atoms with Crippen molar-refractivity contribution >= 4 is 46.1 Å². The van der Waals surface area contributed by atoms with Gasteiger partial charge in [-0.3, -0.25) is 0 Å². The van der Waals surface area contributed by atoms with E-state index in [4.69, 9.17) is 9.47 Å². The van der Waals surface area contributed by atoms with Crippen LogP contribution in [0.15, 0.2) is 158 Å². The van der Waals surface area contributed by atoms with E-state index in [1.54, 1.807) is 38.1 Å². The second kappa shape index (κ2) is 15.0. The zero-order valence-corrected chi connectivity index (χ0v) is 27.0. The molecule has 0 atom stereocenters. The average Bonchev–Trinajstić information content (AvgIpc) is 3.14. The first kappa shape index (κ1) is 31.8. The van der Waals surface area contributed by atoms with Crippen molar-refractivity contribution in [3.05, 3.63) is 169 Å². The molecule has 0 saturated heterocycles. The van der Waals surface area contributed by atoms with Gasteiger partial charge in [0.1, 0.15) is 0 Å². The lowest BCUT2D eigenvalue weighted by Crippen LogP contribution is -2.13. The van der Waals surface area contributed by atoms with Crippen LogP contribution in [0, 0.1) is 0 Å². The minimum atomic E-state index is -0.392. The van der Waals surface area contributed by atoms with Gasteiger partial charge in [-0.1, -0.05) is 72.8 Å². The third kappa shape index (κ3) is 7.13. The monoisotopic (exact) mass is 632 g/mol. The molecule has 0 spiro atoms. The fraction of sp³-hybridized carbons (Fsp3) is 0.0952. The predicted molar refractivity (Wildman–Crippen MR) is 193 cm³/mol. The van der Waals surface area contributed by atoms with Gasteiger partial charge in [-0.25, -0.2) is 9.59 Å². The molecule has 6 heteroatoms.